The van der Waals surface area contributed by atoms with Gasteiger partial charge in [-0.3, -0.25) is 0 Å². The molecule has 20 heavy (non-hydrogen) atoms. The highest BCUT2D eigenvalue weighted by Crippen LogP contribution is 2.16. The lowest BCUT2D eigenvalue weighted by molar-refractivity contribution is -0.141. The van der Waals surface area contributed by atoms with E-state index in [0.717, 1.165) is 12.0 Å². The summed E-state index contributed by atoms with van der Waals surface area (Å²) in [5.41, 5.74) is 1.01. The molecule has 0 aliphatic rings. The van der Waals surface area contributed by atoms with Crippen LogP contribution in [-0.4, -0.2) is 35.1 Å². The Labute approximate surface area is 119 Å². The highest BCUT2D eigenvalue weighted by Gasteiger charge is 2.26. The van der Waals surface area contributed by atoms with Crippen molar-refractivity contribution in [1.82, 2.24) is 10.2 Å². The van der Waals surface area contributed by atoms with Crippen molar-refractivity contribution >= 4 is 12.0 Å². The molecule has 2 amide bonds. The van der Waals surface area contributed by atoms with E-state index in [-0.39, 0.29) is 12.1 Å². The number of carboxylic acid groups (broad SMARTS) is 1. The number of carboxylic acids is 1. The molecule has 0 saturated heterocycles. The van der Waals surface area contributed by atoms with Gasteiger partial charge in [0, 0.05) is 7.05 Å². The van der Waals surface area contributed by atoms with Gasteiger partial charge in [0.25, 0.3) is 0 Å². The van der Waals surface area contributed by atoms with Crippen molar-refractivity contribution in [3.63, 3.8) is 0 Å². The highest BCUT2D eigenvalue weighted by molar-refractivity contribution is 5.82. The molecule has 0 aliphatic carbocycles. The molecular formula is C15H22N2O3. The third-order valence-corrected chi connectivity index (χ3v) is 3.37. The molecule has 0 saturated carbocycles. The van der Waals surface area contributed by atoms with Gasteiger partial charge in [-0.25, -0.2) is 9.59 Å². The Balaban J connectivity index is 2.75. The molecule has 5 heteroatoms. The van der Waals surface area contributed by atoms with E-state index in [2.05, 4.69) is 5.32 Å². The van der Waals surface area contributed by atoms with Gasteiger partial charge in [-0.1, -0.05) is 44.2 Å². The third-order valence-electron chi connectivity index (χ3n) is 3.37. The van der Waals surface area contributed by atoms with Gasteiger partial charge in [0.15, 0.2) is 0 Å². The molecule has 110 valence electrons. The average molecular weight is 278 g/mol. The van der Waals surface area contributed by atoms with Crippen molar-refractivity contribution in [2.24, 2.45) is 0 Å². The second kappa shape index (κ2) is 7.53. The first kappa shape index (κ1) is 16.0. The molecular weight excluding hydrogens is 256 g/mol. The summed E-state index contributed by atoms with van der Waals surface area (Å²) in [4.78, 5) is 24.5. The first-order valence-corrected chi connectivity index (χ1v) is 6.82. The predicted octanol–water partition coefficient (Wildman–Crippen LogP) is 2.64. The van der Waals surface area contributed by atoms with Gasteiger partial charge >= 0.3 is 12.0 Å². The zero-order valence-corrected chi connectivity index (χ0v) is 12.2. The summed E-state index contributed by atoms with van der Waals surface area (Å²) in [6, 6.07) is 8.36. The maximum atomic E-state index is 12.1. The SMILES string of the molecule is CCC(NC(=O)N(C)C(CC)C(=O)O)c1ccccc1. The summed E-state index contributed by atoms with van der Waals surface area (Å²) in [5.74, 6) is -0.988. The van der Waals surface area contributed by atoms with Gasteiger partial charge < -0.3 is 15.3 Å². The smallest absolute Gasteiger partial charge is 0.326 e. The number of hydrogen-bond donors (Lipinski definition) is 2. The molecule has 0 aliphatic heterocycles. The summed E-state index contributed by atoms with van der Waals surface area (Å²) >= 11 is 0. The molecule has 0 heterocycles. The first-order valence-electron chi connectivity index (χ1n) is 6.82. The van der Waals surface area contributed by atoms with Crippen molar-refractivity contribution in [2.75, 3.05) is 7.05 Å². The zero-order valence-electron chi connectivity index (χ0n) is 12.2. The fourth-order valence-electron chi connectivity index (χ4n) is 2.11. The van der Waals surface area contributed by atoms with E-state index in [1.54, 1.807) is 6.92 Å². The van der Waals surface area contributed by atoms with Crippen LogP contribution >= 0.6 is 0 Å². The van der Waals surface area contributed by atoms with Crippen LogP contribution < -0.4 is 5.32 Å². The molecule has 0 radical (unpaired) electrons. The Morgan fingerprint density at radius 3 is 2.25 bits per heavy atom. The number of amides is 2. The van der Waals surface area contributed by atoms with Crippen molar-refractivity contribution in [1.29, 1.82) is 0 Å². The Bertz CT molecular complexity index is 448. The van der Waals surface area contributed by atoms with Gasteiger partial charge in [0.1, 0.15) is 6.04 Å². The number of hydrogen-bond acceptors (Lipinski definition) is 2. The van der Waals surface area contributed by atoms with E-state index >= 15 is 0 Å². The maximum absolute atomic E-state index is 12.1. The molecule has 1 aromatic rings. The van der Waals surface area contributed by atoms with E-state index in [1.807, 2.05) is 37.3 Å². The molecule has 1 rings (SSSR count). The number of benzene rings is 1. The minimum absolute atomic E-state index is 0.113. The molecule has 2 unspecified atom stereocenters. The maximum Gasteiger partial charge on any atom is 0.326 e. The fraction of sp³-hybridized carbons (Fsp3) is 0.467. The zero-order chi connectivity index (χ0) is 15.1. The van der Waals surface area contributed by atoms with Crippen LogP contribution in [0.1, 0.15) is 38.3 Å². The Morgan fingerprint density at radius 2 is 1.80 bits per heavy atom. The van der Waals surface area contributed by atoms with E-state index in [0.29, 0.717) is 6.42 Å². The van der Waals surface area contributed by atoms with Gasteiger partial charge in [-0.2, -0.15) is 0 Å². The first-order chi connectivity index (χ1) is 9.51. The fourth-order valence-corrected chi connectivity index (χ4v) is 2.11. The van der Waals surface area contributed by atoms with E-state index in [1.165, 1.54) is 11.9 Å². The van der Waals surface area contributed by atoms with E-state index in [9.17, 15) is 9.59 Å². The number of urea groups is 1. The van der Waals surface area contributed by atoms with Crippen LogP contribution in [0.15, 0.2) is 30.3 Å². The van der Waals surface area contributed by atoms with Crippen LogP contribution in [0, 0.1) is 0 Å². The summed E-state index contributed by atoms with van der Waals surface area (Å²) < 4.78 is 0. The average Bonchev–Trinajstić information content (AvgIpc) is 2.45. The normalized spacial score (nSPS) is 13.3. The second-order valence-corrected chi connectivity index (χ2v) is 4.69. The molecule has 1 aromatic carbocycles. The molecule has 0 aromatic heterocycles. The van der Waals surface area contributed by atoms with Gasteiger partial charge in [-0.05, 0) is 18.4 Å². The Kier molecular flexibility index (Phi) is 6.03. The second-order valence-electron chi connectivity index (χ2n) is 4.69. The summed E-state index contributed by atoms with van der Waals surface area (Å²) in [6.07, 6.45) is 1.12. The third kappa shape index (κ3) is 3.98. The Morgan fingerprint density at radius 1 is 1.20 bits per heavy atom. The highest BCUT2D eigenvalue weighted by atomic mass is 16.4. The lowest BCUT2D eigenvalue weighted by Gasteiger charge is -2.27. The largest absolute Gasteiger partial charge is 0.480 e. The van der Waals surface area contributed by atoms with Crippen molar-refractivity contribution in [2.45, 2.75) is 38.8 Å². The molecule has 2 atom stereocenters. The number of nitrogens with zero attached hydrogens (tertiary/aromatic N) is 1. The predicted molar refractivity (Wildman–Crippen MR) is 77.5 cm³/mol. The van der Waals surface area contributed by atoms with Crippen LogP contribution in [0.25, 0.3) is 0 Å². The van der Waals surface area contributed by atoms with Gasteiger partial charge in [0.2, 0.25) is 0 Å². The lowest BCUT2D eigenvalue weighted by Crippen LogP contribution is -2.47. The molecule has 2 N–H and O–H groups in total. The van der Waals surface area contributed by atoms with Crippen molar-refractivity contribution < 1.29 is 14.7 Å². The van der Waals surface area contributed by atoms with E-state index in [4.69, 9.17) is 5.11 Å². The van der Waals surface area contributed by atoms with Crippen molar-refractivity contribution in [3.05, 3.63) is 35.9 Å². The lowest BCUT2D eigenvalue weighted by atomic mass is 10.1. The van der Waals surface area contributed by atoms with Gasteiger partial charge in [-0.15, -0.1) is 0 Å². The standard InChI is InChI=1S/C15H22N2O3/c1-4-12(11-9-7-6-8-10-11)16-15(20)17(3)13(5-2)14(18)19/h6-10,12-13H,4-5H2,1-3H3,(H,16,20)(H,18,19). The van der Waals surface area contributed by atoms with Gasteiger partial charge in [0.05, 0.1) is 6.04 Å². The number of rotatable bonds is 6. The minimum atomic E-state index is -0.988. The molecule has 5 nitrogen and oxygen atoms in total. The number of aliphatic carboxylic acids is 1. The number of carbonyl (C=O) groups is 2. The topological polar surface area (TPSA) is 69.6 Å². The van der Waals surface area contributed by atoms with Crippen LogP contribution in [0.3, 0.4) is 0 Å². The van der Waals surface area contributed by atoms with Crippen LogP contribution in [0.4, 0.5) is 4.79 Å². The minimum Gasteiger partial charge on any atom is -0.480 e. The Hall–Kier alpha value is -2.04. The number of nitrogens with one attached hydrogen (secondary N) is 1. The summed E-state index contributed by atoms with van der Waals surface area (Å²) in [5, 5.41) is 12.0. The quantitative estimate of drug-likeness (QED) is 0.840. The summed E-state index contributed by atoms with van der Waals surface area (Å²) in [7, 11) is 1.51. The van der Waals surface area contributed by atoms with Crippen LogP contribution in [0.5, 0.6) is 0 Å². The van der Waals surface area contributed by atoms with Crippen LogP contribution in [-0.2, 0) is 4.79 Å². The molecule has 0 fully saturated rings. The number of likely N-dealkylation sites (N-methyl/N-ethyl adjacent to an activating group) is 1. The molecule has 0 spiro atoms. The van der Waals surface area contributed by atoms with E-state index < -0.39 is 12.0 Å². The number of carbonyl (C=O) groups excluding carboxylic acids is 1. The monoisotopic (exact) mass is 278 g/mol. The van der Waals surface area contributed by atoms with Crippen LogP contribution in [0.2, 0.25) is 0 Å². The molecule has 0 bridgehead atoms. The van der Waals surface area contributed by atoms with Crippen molar-refractivity contribution in [3.8, 4) is 0 Å². The summed E-state index contributed by atoms with van der Waals surface area (Å²) in [6.45, 7) is 3.73.